The van der Waals surface area contributed by atoms with Crippen LogP contribution in [0.15, 0.2) is 53.6 Å². The van der Waals surface area contributed by atoms with Gasteiger partial charge in [0.15, 0.2) is 0 Å². The Labute approximate surface area is 139 Å². The molecule has 2 N–H and O–H groups in total. The molecule has 0 aliphatic carbocycles. The molecule has 5 nitrogen and oxygen atoms in total. The van der Waals surface area contributed by atoms with Crippen molar-refractivity contribution >= 4 is 29.6 Å². The Bertz CT molecular complexity index is 727. The number of rotatable bonds is 5. The number of halogens is 1. The summed E-state index contributed by atoms with van der Waals surface area (Å²) in [4.78, 5) is 23.5. The Balaban J connectivity index is 1.80. The Morgan fingerprint density at radius 1 is 1.13 bits per heavy atom. The molecule has 0 saturated heterocycles. The van der Waals surface area contributed by atoms with Gasteiger partial charge < -0.3 is 5.32 Å². The van der Waals surface area contributed by atoms with Crippen molar-refractivity contribution in [2.45, 2.75) is 6.92 Å². The first kappa shape index (κ1) is 16.7. The van der Waals surface area contributed by atoms with Crippen molar-refractivity contribution in [1.29, 1.82) is 0 Å². The molecule has 2 aromatic carbocycles. The second-order valence-electron chi connectivity index (χ2n) is 4.86. The summed E-state index contributed by atoms with van der Waals surface area (Å²) in [5, 5.41) is 6.87. The lowest BCUT2D eigenvalue weighted by Crippen LogP contribution is -2.34. The zero-order valence-corrected chi connectivity index (χ0v) is 13.3. The molecular weight excluding hydrogens is 314 g/mol. The van der Waals surface area contributed by atoms with Gasteiger partial charge in [-0.3, -0.25) is 9.59 Å². The predicted octanol–water partition coefficient (Wildman–Crippen LogP) is 2.53. The van der Waals surface area contributed by atoms with Crippen LogP contribution in [0.1, 0.15) is 21.5 Å². The summed E-state index contributed by atoms with van der Waals surface area (Å²) in [7, 11) is 0. The fourth-order valence-corrected chi connectivity index (χ4v) is 1.95. The first-order valence-corrected chi connectivity index (χ1v) is 7.35. The second kappa shape index (κ2) is 8.10. The third kappa shape index (κ3) is 5.23. The number of hydrazone groups is 1. The van der Waals surface area contributed by atoms with Crippen LogP contribution in [0.4, 0.5) is 0 Å². The summed E-state index contributed by atoms with van der Waals surface area (Å²) >= 11 is 5.96. The maximum absolute atomic E-state index is 11.9. The largest absolute Gasteiger partial charge is 0.343 e. The normalized spacial score (nSPS) is 10.5. The summed E-state index contributed by atoms with van der Waals surface area (Å²) < 4.78 is 0. The number of hydrogen-bond acceptors (Lipinski definition) is 3. The van der Waals surface area contributed by atoms with Crippen molar-refractivity contribution in [3.63, 3.8) is 0 Å². The minimum Gasteiger partial charge on any atom is -0.343 e. The van der Waals surface area contributed by atoms with E-state index in [0.717, 1.165) is 5.56 Å². The summed E-state index contributed by atoms with van der Waals surface area (Å²) in [6.45, 7) is 1.78. The van der Waals surface area contributed by atoms with Crippen LogP contribution in [-0.4, -0.2) is 24.6 Å². The molecule has 0 spiro atoms. The van der Waals surface area contributed by atoms with E-state index in [2.05, 4.69) is 15.8 Å². The van der Waals surface area contributed by atoms with E-state index in [9.17, 15) is 9.59 Å². The zero-order chi connectivity index (χ0) is 16.7. The quantitative estimate of drug-likeness (QED) is 0.653. The first-order chi connectivity index (χ1) is 11.1. The van der Waals surface area contributed by atoms with Gasteiger partial charge in [0.1, 0.15) is 0 Å². The monoisotopic (exact) mass is 329 g/mol. The van der Waals surface area contributed by atoms with Gasteiger partial charge >= 0.3 is 0 Å². The molecule has 0 heterocycles. The van der Waals surface area contributed by atoms with Crippen molar-refractivity contribution < 1.29 is 9.59 Å². The van der Waals surface area contributed by atoms with E-state index in [4.69, 9.17) is 11.6 Å². The van der Waals surface area contributed by atoms with E-state index in [0.29, 0.717) is 16.1 Å². The fraction of sp³-hybridized carbons (Fsp3) is 0.118. The molecule has 2 aromatic rings. The standard InChI is InChI=1S/C17H16ClN3O2/c1-12-6-8-13(9-7-12)17(23)19-11-16(22)21-20-10-14-4-2-3-5-15(14)18/h2-10H,11H2,1H3,(H,19,23)(H,21,22). The van der Waals surface area contributed by atoms with Crippen LogP contribution < -0.4 is 10.7 Å². The zero-order valence-electron chi connectivity index (χ0n) is 12.5. The molecule has 0 saturated carbocycles. The molecule has 0 fully saturated rings. The number of carbonyl (C=O) groups excluding carboxylic acids is 2. The van der Waals surface area contributed by atoms with Crippen molar-refractivity contribution in [3.05, 3.63) is 70.2 Å². The van der Waals surface area contributed by atoms with Crippen LogP contribution in [0.2, 0.25) is 5.02 Å². The lowest BCUT2D eigenvalue weighted by molar-refractivity contribution is -0.120. The van der Waals surface area contributed by atoms with Gasteiger partial charge in [0.05, 0.1) is 12.8 Å². The van der Waals surface area contributed by atoms with E-state index in [-0.39, 0.29) is 12.5 Å². The minimum atomic E-state index is -0.422. The molecule has 0 bridgehead atoms. The Morgan fingerprint density at radius 3 is 2.52 bits per heavy atom. The van der Waals surface area contributed by atoms with Gasteiger partial charge in [-0.05, 0) is 25.1 Å². The molecule has 0 unspecified atom stereocenters. The van der Waals surface area contributed by atoms with E-state index >= 15 is 0 Å². The molecule has 118 valence electrons. The predicted molar refractivity (Wildman–Crippen MR) is 90.7 cm³/mol. The van der Waals surface area contributed by atoms with E-state index < -0.39 is 5.91 Å². The number of aryl methyl sites for hydroxylation is 1. The summed E-state index contributed by atoms with van der Waals surface area (Å²) in [5.41, 5.74) is 4.59. The van der Waals surface area contributed by atoms with Gasteiger partial charge in [-0.15, -0.1) is 0 Å². The third-order valence-electron chi connectivity index (χ3n) is 3.02. The molecule has 0 aliphatic rings. The Hall–Kier alpha value is -2.66. The van der Waals surface area contributed by atoms with Crippen LogP contribution in [0.25, 0.3) is 0 Å². The lowest BCUT2D eigenvalue weighted by atomic mass is 10.1. The van der Waals surface area contributed by atoms with Crippen molar-refractivity contribution in [1.82, 2.24) is 10.7 Å². The van der Waals surface area contributed by atoms with Gasteiger partial charge in [-0.1, -0.05) is 47.5 Å². The van der Waals surface area contributed by atoms with Crippen LogP contribution in [-0.2, 0) is 4.79 Å². The van der Waals surface area contributed by atoms with Crippen LogP contribution in [0.3, 0.4) is 0 Å². The molecule has 23 heavy (non-hydrogen) atoms. The van der Waals surface area contributed by atoms with Crippen molar-refractivity contribution in [3.8, 4) is 0 Å². The highest BCUT2D eigenvalue weighted by atomic mass is 35.5. The number of benzene rings is 2. The van der Waals surface area contributed by atoms with Crippen LogP contribution in [0.5, 0.6) is 0 Å². The van der Waals surface area contributed by atoms with Gasteiger partial charge in [0.2, 0.25) is 0 Å². The Morgan fingerprint density at radius 2 is 1.83 bits per heavy atom. The van der Waals surface area contributed by atoms with E-state index in [1.807, 2.05) is 25.1 Å². The molecule has 2 amide bonds. The molecule has 0 radical (unpaired) electrons. The first-order valence-electron chi connectivity index (χ1n) is 6.97. The topological polar surface area (TPSA) is 70.6 Å². The average Bonchev–Trinajstić information content (AvgIpc) is 2.55. The smallest absolute Gasteiger partial charge is 0.259 e. The molecule has 2 rings (SSSR count). The second-order valence-corrected chi connectivity index (χ2v) is 5.27. The third-order valence-corrected chi connectivity index (χ3v) is 3.37. The number of carbonyl (C=O) groups is 2. The van der Waals surface area contributed by atoms with Crippen molar-refractivity contribution in [2.75, 3.05) is 6.54 Å². The number of amides is 2. The SMILES string of the molecule is Cc1ccc(C(=O)NCC(=O)NN=Cc2ccccc2Cl)cc1. The highest BCUT2D eigenvalue weighted by molar-refractivity contribution is 6.33. The van der Waals surface area contributed by atoms with Crippen molar-refractivity contribution in [2.24, 2.45) is 5.10 Å². The average molecular weight is 330 g/mol. The number of nitrogens with one attached hydrogen (secondary N) is 2. The van der Waals surface area contributed by atoms with Gasteiger partial charge in [-0.25, -0.2) is 5.43 Å². The molecule has 6 heteroatoms. The fourth-order valence-electron chi connectivity index (χ4n) is 1.76. The highest BCUT2D eigenvalue weighted by Gasteiger charge is 2.07. The van der Waals surface area contributed by atoms with E-state index in [1.165, 1.54) is 6.21 Å². The number of hydrogen-bond donors (Lipinski definition) is 2. The van der Waals surface area contributed by atoms with Crippen LogP contribution >= 0.6 is 11.6 Å². The molecule has 0 atom stereocenters. The maximum atomic E-state index is 11.9. The summed E-state index contributed by atoms with van der Waals surface area (Å²) in [6.07, 6.45) is 1.45. The van der Waals surface area contributed by atoms with Crippen LogP contribution in [0, 0.1) is 6.92 Å². The lowest BCUT2D eigenvalue weighted by Gasteiger charge is -2.04. The minimum absolute atomic E-state index is 0.160. The molecule has 0 aliphatic heterocycles. The van der Waals surface area contributed by atoms with E-state index in [1.54, 1.807) is 30.3 Å². The van der Waals surface area contributed by atoms with Gasteiger partial charge in [-0.2, -0.15) is 5.10 Å². The maximum Gasteiger partial charge on any atom is 0.259 e. The Kier molecular flexibility index (Phi) is 5.88. The summed E-state index contributed by atoms with van der Waals surface area (Å²) in [6, 6.07) is 14.2. The van der Waals surface area contributed by atoms with Gasteiger partial charge in [0, 0.05) is 16.1 Å². The molecule has 0 aromatic heterocycles. The van der Waals surface area contributed by atoms with Gasteiger partial charge in [0.25, 0.3) is 11.8 Å². The molecular formula is C17H16ClN3O2. The number of nitrogens with zero attached hydrogens (tertiary/aromatic N) is 1. The highest BCUT2D eigenvalue weighted by Crippen LogP contribution is 2.11. The summed E-state index contributed by atoms with van der Waals surface area (Å²) in [5.74, 6) is -0.732.